The number of H-pyrrole nitrogens is 1. The largest absolute Gasteiger partial charge is 0.506 e. The summed E-state index contributed by atoms with van der Waals surface area (Å²) in [5.41, 5.74) is 13.1. The standard InChI is InChI=1S/C40H43N7O5.2FH/c41-28-10-12-29(13-11-28)47(40(51)52)35-22-25(8-14-30(35)27-6-2-1-3-7-27)5-4-20-46-34-17-9-26(21-33(34)44-45-46)23-42-24-37(49)31-15-18-36(48)39-32(31)16-19-38(50)43-39;;/h1-3,6-9,14-19,21-22,28-29,37,42,48-49H,4-5,10-13,20,23-24,41H2,(H,43,50)(H,51,52);2*1H/t28-,29-,37-;;/m0../s1. The number of benzene rings is 4. The summed E-state index contributed by atoms with van der Waals surface area (Å²) in [6.07, 6.45) is 2.83. The highest BCUT2D eigenvalue weighted by atomic mass is 19.0. The molecule has 4 aromatic carbocycles. The highest BCUT2D eigenvalue weighted by Gasteiger charge is 2.30. The number of halogens is 2. The third-order valence-electron chi connectivity index (χ3n) is 10.1. The van der Waals surface area contributed by atoms with E-state index in [2.05, 4.69) is 26.7 Å². The van der Waals surface area contributed by atoms with E-state index in [9.17, 15) is 24.9 Å². The number of anilines is 1. The predicted octanol–water partition coefficient (Wildman–Crippen LogP) is 6.16. The van der Waals surface area contributed by atoms with Gasteiger partial charge < -0.3 is 31.4 Å². The molecule has 1 amide bonds. The molecule has 1 atom stereocenters. The lowest BCUT2D eigenvalue weighted by Gasteiger charge is -2.35. The average Bonchev–Trinajstić information content (AvgIpc) is 3.55. The molecular weight excluding hydrogens is 696 g/mol. The van der Waals surface area contributed by atoms with Crippen LogP contribution in [0.2, 0.25) is 0 Å². The van der Waals surface area contributed by atoms with Gasteiger partial charge in [0.05, 0.1) is 22.8 Å². The van der Waals surface area contributed by atoms with Gasteiger partial charge in [-0.3, -0.25) is 19.1 Å². The molecule has 1 aliphatic carbocycles. The van der Waals surface area contributed by atoms with Crippen LogP contribution in [-0.4, -0.2) is 60.0 Å². The lowest BCUT2D eigenvalue weighted by Crippen LogP contribution is -2.44. The molecule has 0 aliphatic heterocycles. The van der Waals surface area contributed by atoms with Crippen LogP contribution in [0.1, 0.15) is 54.9 Å². The number of carbonyl (C=O) groups is 1. The van der Waals surface area contributed by atoms with E-state index >= 15 is 0 Å². The molecule has 7 N–H and O–H groups in total. The summed E-state index contributed by atoms with van der Waals surface area (Å²) >= 11 is 0. The molecular formula is C40H45F2N7O5. The molecule has 284 valence electrons. The van der Waals surface area contributed by atoms with E-state index in [4.69, 9.17) is 5.73 Å². The zero-order valence-corrected chi connectivity index (χ0v) is 29.6. The van der Waals surface area contributed by atoms with E-state index in [1.807, 2.05) is 65.3 Å². The summed E-state index contributed by atoms with van der Waals surface area (Å²) in [5, 5.41) is 44.2. The smallest absolute Gasteiger partial charge is 0.412 e. The van der Waals surface area contributed by atoms with Crippen molar-refractivity contribution < 1.29 is 29.5 Å². The number of nitrogens with zero attached hydrogens (tertiary/aromatic N) is 4. The topological polar surface area (TPSA) is 183 Å². The molecule has 1 saturated carbocycles. The first kappa shape index (κ1) is 39.5. The van der Waals surface area contributed by atoms with Crippen molar-refractivity contribution in [3.8, 4) is 16.9 Å². The normalized spacial score (nSPS) is 16.0. The van der Waals surface area contributed by atoms with Gasteiger partial charge in [-0.1, -0.05) is 59.8 Å². The van der Waals surface area contributed by atoms with Crippen LogP contribution in [0.3, 0.4) is 0 Å². The summed E-state index contributed by atoms with van der Waals surface area (Å²) in [7, 11) is 0. The second kappa shape index (κ2) is 17.4. The van der Waals surface area contributed by atoms with Gasteiger partial charge in [-0.15, -0.1) is 5.10 Å². The molecule has 12 nitrogen and oxygen atoms in total. The van der Waals surface area contributed by atoms with Crippen LogP contribution in [-0.2, 0) is 19.5 Å². The van der Waals surface area contributed by atoms with Gasteiger partial charge in [0.1, 0.15) is 11.3 Å². The number of aromatic nitrogens is 4. The Hall–Kier alpha value is -5.70. The molecule has 0 spiro atoms. The third-order valence-corrected chi connectivity index (χ3v) is 10.1. The summed E-state index contributed by atoms with van der Waals surface area (Å²) < 4.78 is 1.89. The number of nitrogens with one attached hydrogen (secondary N) is 2. The van der Waals surface area contributed by atoms with Crippen LogP contribution in [0.5, 0.6) is 5.75 Å². The van der Waals surface area contributed by atoms with E-state index in [-0.39, 0.29) is 39.3 Å². The number of aliphatic hydroxyl groups excluding tert-OH is 1. The molecule has 14 heteroatoms. The van der Waals surface area contributed by atoms with Gasteiger partial charge in [0, 0.05) is 48.7 Å². The van der Waals surface area contributed by atoms with Gasteiger partial charge >= 0.3 is 6.09 Å². The Kier molecular flexibility index (Phi) is 12.7. The number of amides is 1. The molecule has 6 aromatic rings. The molecule has 2 heterocycles. The number of aromatic hydroxyl groups is 1. The van der Waals surface area contributed by atoms with Crippen LogP contribution in [0.15, 0.2) is 95.8 Å². The fraction of sp³-hybridized carbons (Fsp3) is 0.300. The van der Waals surface area contributed by atoms with E-state index in [0.29, 0.717) is 35.2 Å². The maximum Gasteiger partial charge on any atom is 0.412 e. The number of phenols is 1. The highest BCUT2D eigenvalue weighted by Crippen LogP contribution is 2.36. The lowest BCUT2D eigenvalue weighted by atomic mass is 9.89. The molecule has 2 aromatic heterocycles. The number of fused-ring (bicyclic) bond motifs is 2. The third kappa shape index (κ3) is 8.57. The Bertz CT molecular complexity index is 2260. The number of hydrogen-bond acceptors (Lipinski definition) is 8. The molecule has 0 saturated heterocycles. The highest BCUT2D eigenvalue weighted by molar-refractivity contribution is 5.94. The van der Waals surface area contributed by atoms with Crippen molar-refractivity contribution in [3.05, 3.63) is 118 Å². The van der Waals surface area contributed by atoms with Crippen LogP contribution in [0.25, 0.3) is 33.1 Å². The van der Waals surface area contributed by atoms with Crippen molar-refractivity contribution in [2.24, 2.45) is 5.73 Å². The number of aromatic amines is 1. The van der Waals surface area contributed by atoms with Crippen molar-refractivity contribution in [3.63, 3.8) is 0 Å². The number of aliphatic hydroxyl groups is 1. The first-order valence-corrected chi connectivity index (χ1v) is 17.8. The minimum Gasteiger partial charge on any atom is -0.506 e. The molecule has 1 aliphatic rings. The number of hydrogen-bond donors (Lipinski definition) is 6. The van der Waals surface area contributed by atoms with Gasteiger partial charge in [-0.2, -0.15) is 0 Å². The number of carboxylic acid groups (broad SMARTS) is 1. The Morgan fingerprint density at radius 3 is 2.48 bits per heavy atom. The van der Waals surface area contributed by atoms with E-state index in [1.54, 1.807) is 17.0 Å². The first-order valence-electron chi connectivity index (χ1n) is 17.8. The fourth-order valence-electron chi connectivity index (χ4n) is 7.35. The van der Waals surface area contributed by atoms with E-state index in [0.717, 1.165) is 71.8 Å². The summed E-state index contributed by atoms with van der Waals surface area (Å²) in [6, 6.07) is 28.2. The molecule has 1 fully saturated rings. The van der Waals surface area contributed by atoms with Crippen LogP contribution >= 0.6 is 0 Å². The molecule has 0 bridgehead atoms. The molecule has 0 unspecified atom stereocenters. The second-order valence-electron chi connectivity index (χ2n) is 13.6. The van der Waals surface area contributed by atoms with Gasteiger partial charge in [0.25, 0.3) is 0 Å². The monoisotopic (exact) mass is 741 g/mol. The van der Waals surface area contributed by atoms with Gasteiger partial charge in [0.2, 0.25) is 5.56 Å². The van der Waals surface area contributed by atoms with Gasteiger partial charge in [-0.25, -0.2) is 9.48 Å². The Morgan fingerprint density at radius 1 is 0.963 bits per heavy atom. The Labute approximate surface area is 310 Å². The quantitative estimate of drug-likeness (QED) is 0.0856. The van der Waals surface area contributed by atoms with Gasteiger partial charge in [-0.05, 0) is 91.1 Å². The van der Waals surface area contributed by atoms with Crippen LogP contribution in [0, 0.1) is 0 Å². The minimum absolute atomic E-state index is 0. The maximum absolute atomic E-state index is 12.7. The summed E-state index contributed by atoms with van der Waals surface area (Å²) in [4.78, 5) is 28.7. The lowest BCUT2D eigenvalue weighted by molar-refractivity contribution is 0.176. The Balaban J connectivity index is 0.00000280. The molecule has 7 rings (SSSR count). The number of pyridine rings is 1. The molecule has 54 heavy (non-hydrogen) atoms. The second-order valence-corrected chi connectivity index (χ2v) is 13.6. The number of phenolic OH excluding ortho intramolecular Hbond substituents is 1. The number of nitrogens with two attached hydrogens (primary N) is 1. The van der Waals surface area contributed by atoms with Crippen molar-refractivity contribution >= 4 is 33.7 Å². The SMILES string of the molecule is F.F.N[C@H]1CC[C@H](N(C(=O)O)c2cc(CCCn3nnc4cc(CNC[C@H](O)c5ccc(O)c6[nH]c(=O)ccc56)ccc43)ccc2-c2ccccc2)CC1. The predicted molar refractivity (Wildman–Crippen MR) is 206 cm³/mol. The molecule has 0 radical (unpaired) electrons. The zero-order valence-electron chi connectivity index (χ0n) is 29.6. The van der Waals surface area contributed by atoms with Crippen LogP contribution in [0.4, 0.5) is 19.9 Å². The average molecular weight is 742 g/mol. The Morgan fingerprint density at radius 2 is 1.72 bits per heavy atom. The van der Waals surface area contributed by atoms with Crippen molar-refractivity contribution in [2.45, 2.75) is 69.8 Å². The van der Waals surface area contributed by atoms with Crippen LogP contribution < -0.4 is 21.5 Å². The first-order chi connectivity index (χ1) is 25.2. The van der Waals surface area contributed by atoms with Gasteiger partial charge in [0.15, 0.2) is 0 Å². The zero-order chi connectivity index (χ0) is 36.2. The van der Waals surface area contributed by atoms with Crippen molar-refractivity contribution in [2.75, 3.05) is 11.4 Å². The van der Waals surface area contributed by atoms with E-state index < -0.39 is 12.2 Å². The van der Waals surface area contributed by atoms with E-state index in [1.165, 1.54) is 12.1 Å². The maximum atomic E-state index is 12.7. The number of aryl methyl sites for hydroxylation is 2. The summed E-state index contributed by atoms with van der Waals surface area (Å²) in [5.74, 6) is -0.0483. The van der Waals surface area contributed by atoms with Crippen molar-refractivity contribution in [1.29, 1.82) is 0 Å². The minimum atomic E-state index is -0.945. The fourth-order valence-corrected chi connectivity index (χ4v) is 7.35. The number of rotatable bonds is 12. The summed E-state index contributed by atoms with van der Waals surface area (Å²) in [6.45, 7) is 1.40. The van der Waals surface area contributed by atoms with Crippen molar-refractivity contribution in [1.82, 2.24) is 25.3 Å².